The van der Waals surface area contributed by atoms with Crippen LogP contribution in [-0.2, 0) is 4.79 Å². The Hall–Kier alpha value is -2.60. The molecule has 0 N–H and O–H groups in total. The number of benzene rings is 1. The molecule has 1 aromatic carbocycles. The van der Waals surface area contributed by atoms with Crippen LogP contribution in [0, 0.1) is 17.8 Å². The number of hydrogen-bond donors (Lipinski definition) is 0. The number of rotatable bonds is 1. The predicted molar refractivity (Wildman–Crippen MR) is 97.9 cm³/mol. The first kappa shape index (κ1) is 15.9. The van der Waals surface area contributed by atoms with E-state index in [0.29, 0.717) is 12.0 Å². The van der Waals surface area contributed by atoms with Gasteiger partial charge in [-0.15, -0.1) is 0 Å². The summed E-state index contributed by atoms with van der Waals surface area (Å²) in [6, 6.07) is 14.3. The number of carbonyl (C=O) groups is 1. The first-order chi connectivity index (χ1) is 12.2. The van der Waals surface area contributed by atoms with Crippen molar-refractivity contribution < 1.29 is 4.79 Å². The maximum Gasteiger partial charge on any atom is 0.232 e. The summed E-state index contributed by atoms with van der Waals surface area (Å²) in [6.07, 6.45) is 6.51. The molecule has 0 spiro atoms. The van der Waals surface area contributed by atoms with Gasteiger partial charge in [0, 0.05) is 30.4 Å². The Balaban J connectivity index is 1.56. The molecular weight excluding hydrogens is 308 g/mol. The Morgan fingerprint density at radius 3 is 2.52 bits per heavy atom. The number of pyridine rings is 1. The fourth-order valence-electron chi connectivity index (χ4n) is 4.25. The molecule has 0 bridgehead atoms. The van der Waals surface area contributed by atoms with E-state index in [-0.39, 0.29) is 11.8 Å². The highest BCUT2D eigenvalue weighted by molar-refractivity contribution is 5.86. The highest BCUT2D eigenvalue weighted by Gasteiger charge is 2.48. The molecule has 1 aliphatic carbocycles. The van der Waals surface area contributed by atoms with Gasteiger partial charge < -0.3 is 4.90 Å². The third-order valence-electron chi connectivity index (χ3n) is 5.55. The number of nitrogens with zero attached hydrogens (tertiary/aromatic N) is 2. The fourth-order valence-corrected chi connectivity index (χ4v) is 4.25. The third kappa shape index (κ3) is 3.05. The van der Waals surface area contributed by atoms with E-state index in [1.165, 1.54) is 12.8 Å². The van der Waals surface area contributed by atoms with Gasteiger partial charge in [0.15, 0.2) is 0 Å². The molecule has 1 saturated carbocycles. The Morgan fingerprint density at radius 2 is 1.76 bits per heavy atom. The van der Waals surface area contributed by atoms with Gasteiger partial charge in [-0.25, -0.2) is 0 Å². The first-order valence-electron chi connectivity index (χ1n) is 9.04. The molecule has 3 heteroatoms. The largest absolute Gasteiger partial charge is 0.342 e. The average molecular weight is 330 g/mol. The van der Waals surface area contributed by atoms with Gasteiger partial charge in [-0.1, -0.05) is 42.9 Å². The summed E-state index contributed by atoms with van der Waals surface area (Å²) in [4.78, 5) is 19.3. The lowest BCUT2D eigenvalue weighted by molar-refractivity contribution is -0.128. The van der Waals surface area contributed by atoms with Gasteiger partial charge in [0.25, 0.3) is 0 Å². The minimum Gasteiger partial charge on any atom is -0.342 e. The second-order valence-electron chi connectivity index (χ2n) is 7.03. The van der Waals surface area contributed by atoms with Crippen molar-refractivity contribution in [1.82, 2.24) is 9.88 Å². The van der Waals surface area contributed by atoms with Crippen LogP contribution < -0.4 is 0 Å². The molecule has 0 unspecified atom stereocenters. The summed E-state index contributed by atoms with van der Waals surface area (Å²) >= 11 is 0. The fraction of sp³-hybridized carbons (Fsp3) is 0.364. The van der Waals surface area contributed by atoms with E-state index in [9.17, 15) is 4.79 Å². The lowest BCUT2D eigenvalue weighted by Gasteiger charge is -2.29. The van der Waals surface area contributed by atoms with E-state index < -0.39 is 0 Å². The summed E-state index contributed by atoms with van der Waals surface area (Å²) in [5.41, 5.74) is 2.77. The van der Waals surface area contributed by atoms with Crippen molar-refractivity contribution in [3.63, 3.8) is 0 Å². The number of amides is 1. The Labute approximate surface area is 149 Å². The van der Waals surface area contributed by atoms with Gasteiger partial charge in [-0.2, -0.15) is 0 Å². The molecule has 1 aromatic heterocycles. The van der Waals surface area contributed by atoms with Crippen LogP contribution in [0.5, 0.6) is 0 Å². The number of likely N-dealkylation sites (tertiary alicyclic amines) is 1. The van der Waals surface area contributed by atoms with Crippen molar-refractivity contribution in [3.8, 4) is 11.8 Å². The highest BCUT2D eigenvalue weighted by atomic mass is 16.2. The molecule has 2 aromatic rings. The zero-order chi connectivity index (χ0) is 17.2. The van der Waals surface area contributed by atoms with Gasteiger partial charge >= 0.3 is 0 Å². The molecule has 0 radical (unpaired) electrons. The van der Waals surface area contributed by atoms with Crippen LogP contribution in [0.1, 0.15) is 48.4 Å². The maximum absolute atomic E-state index is 12.7. The average Bonchev–Trinajstić information content (AvgIpc) is 2.92. The van der Waals surface area contributed by atoms with Crippen LogP contribution in [0.15, 0.2) is 48.7 Å². The summed E-state index contributed by atoms with van der Waals surface area (Å²) in [7, 11) is 1.95. The van der Waals surface area contributed by atoms with Crippen LogP contribution in [-0.4, -0.2) is 28.9 Å². The van der Waals surface area contributed by atoms with Crippen LogP contribution in [0.2, 0.25) is 0 Å². The van der Waals surface area contributed by atoms with Crippen LogP contribution in [0.4, 0.5) is 0 Å². The lowest BCUT2D eigenvalue weighted by atomic mass is 9.78. The number of hydrogen-bond acceptors (Lipinski definition) is 2. The minimum absolute atomic E-state index is 0.0774. The van der Waals surface area contributed by atoms with Gasteiger partial charge in [-0.05, 0) is 43.0 Å². The van der Waals surface area contributed by atoms with Crippen molar-refractivity contribution in [2.75, 3.05) is 7.05 Å². The quantitative estimate of drug-likeness (QED) is 0.749. The van der Waals surface area contributed by atoms with Gasteiger partial charge in [0.1, 0.15) is 0 Å². The minimum atomic E-state index is -0.0774. The lowest BCUT2D eigenvalue weighted by Crippen LogP contribution is -2.33. The molecule has 1 aliphatic heterocycles. The normalized spacial score (nSPS) is 25.2. The van der Waals surface area contributed by atoms with Crippen LogP contribution >= 0.6 is 0 Å². The van der Waals surface area contributed by atoms with E-state index in [1.54, 1.807) is 6.20 Å². The highest BCUT2D eigenvalue weighted by Crippen LogP contribution is 2.44. The molecule has 2 heterocycles. The first-order valence-corrected chi connectivity index (χ1v) is 9.04. The second kappa shape index (κ2) is 6.72. The monoisotopic (exact) mass is 330 g/mol. The molecule has 2 fully saturated rings. The van der Waals surface area contributed by atoms with E-state index in [4.69, 9.17) is 0 Å². The van der Waals surface area contributed by atoms with Crippen molar-refractivity contribution in [1.29, 1.82) is 0 Å². The Bertz CT molecular complexity index is 817. The number of likely N-dealkylation sites (N-methyl/N-ethyl adjacent to an activating group) is 1. The van der Waals surface area contributed by atoms with Crippen molar-refractivity contribution in [3.05, 3.63) is 65.5 Å². The molecule has 25 heavy (non-hydrogen) atoms. The zero-order valence-electron chi connectivity index (χ0n) is 14.5. The standard InChI is InChI=1S/C22H22N2O/c1-24-20-10-6-5-9-18(20)21(22(24)25)19-14-13-17(15-23-19)12-11-16-7-3-2-4-8-16/h2-4,7-8,13-15,18,20-21H,5-6,9-10H2,1H3/t18-,20+,21-/m0/s1. The van der Waals surface area contributed by atoms with E-state index in [2.05, 4.69) is 16.8 Å². The third-order valence-corrected chi connectivity index (χ3v) is 5.55. The van der Waals surface area contributed by atoms with Crippen LogP contribution in [0.25, 0.3) is 0 Å². The molecule has 3 nitrogen and oxygen atoms in total. The Morgan fingerprint density at radius 1 is 1.00 bits per heavy atom. The SMILES string of the molecule is CN1C(=O)[C@H](c2ccc(C#Cc3ccccc3)cn2)[C@H]2CCCC[C@H]21. The number of aromatic nitrogens is 1. The maximum atomic E-state index is 12.7. The summed E-state index contributed by atoms with van der Waals surface area (Å²) in [5, 5.41) is 0. The smallest absolute Gasteiger partial charge is 0.232 e. The summed E-state index contributed by atoms with van der Waals surface area (Å²) in [6.45, 7) is 0. The molecule has 126 valence electrons. The topological polar surface area (TPSA) is 33.2 Å². The molecule has 1 saturated heterocycles. The molecular formula is C22H22N2O. The number of carbonyl (C=O) groups excluding carboxylic acids is 1. The molecule has 2 aliphatic rings. The summed E-state index contributed by atoms with van der Waals surface area (Å²) in [5.74, 6) is 6.86. The van der Waals surface area contributed by atoms with Crippen LogP contribution in [0.3, 0.4) is 0 Å². The van der Waals surface area contributed by atoms with Gasteiger partial charge in [0.05, 0.1) is 11.6 Å². The molecule has 3 atom stereocenters. The van der Waals surface area contributed by atoms with Gasteiger partial charge in [0.2, 0.25) is 5.91 Å². The van der Waals surface area contributed by atoms with Crippen molar-refractivity contribution >= 4 is 5.91 Å². The van der Waals surface area contributed by atoms with Crippen molar-refractivity contribution in [2.24, 2.45) is 5.92 Å². The van der Waals surface area contributed by atoms with E-state index >= 15 is 0 Å². The number of fused-ring (bicyclic) bond motifs is 1. The molecule has 1 amide bonds. The predicted octanol–water partition coefficient (Wildman–Crippen LogP) is 3.60. The zero-order valence-corrected chi connectivity index (χ0v) is 14.5. The van der Waals surface area contributed by atoms with E-state index in [1.807, 2.05) is 54.4 Å². The second-order valence-corrected chi connectivity index (χ2v) is 7.03. The Kier molecular flexibility index (Phi) is 4.28. The molecule has 4 rings (SSSR count). The van der Waals surface area contributed by atoms with Crippen molar-refractivity contribution in [2.45, 2.75) is 37.6 Å². The summed E-state index contributed by atoms with van der Waals surface area (Å²) < 4.78 is 0. The van der Waals surface area contributed by atoms with E-state index in [0.717, 1.165) is 29.7 Å². The van der Waals surface area contributed by atoms with Gasteiger partial charge in [-0.3, -0.25) is 9.78 Å².